The predicted octanol–water partition coefficient (Wildman–Crippen LogP) is 2.51. The number of rotatable bonds is 0. The third-order valence-corrected chi connectivity index (χ3v) is 4.23. The summed E-state index contributed by atoms with van der Waals surface area (Å²) in [5, 5.41) is 23.5. The van der Waals surface area contributed by atoms with E-state index in [1.807, 2.05) is 12.1 Å². The zero-order valence-corrected chi connectivity index (χ0v) is 10.5. The molecule has 0 aromatic heterocycles. The van der Waals surface area contributed by atoms with Gasteiger partial charge in [-0.15, -0.1) is 0 Å². The lowest BCUT2D eigenvalue weighted by molar-refractivity contribution is 0.460. The molecule has 0 spiro atoms. The van der Waals surface area contributed by atoms with Crippen LogP contribution < -0.4 is 5.32 Å². The third-order valence-electron chi connectivity index (χ3n) is 4.23. The van der Waals surface area contributed by atoms with E-state index in [-0.39, 0.29) is 11.8 Å². The van der Waals surface area contributed by atoms with Crippen molar-refractivity contribution in [1.82, 2.24) is 5.32 Å². The van der Waals surface area contributed by atoms with Gasteiger partial charge in [0, 0.05) is 11.6 Å². The van der Waals surface area contributed by atoms with Gasteiger partial charge in [0.15, 0.2) is 0 Å². The fourth-order valence-corrected chi connectivity index (χ4v) is 3.40. The maximum Gasteiger partial charge on any atom is 0.123 e. The van der Waals surface area contributed by atoms with Crippen LogP contribution in [0, 0.1) is 0 Å². The van der Waals surface area contributed by atoms with Crippen LogP contribution in [0.5, 0.6) is 11.5 Å². The van der Waals surface area contributed by atoms with Gasteiger partial charge < -0.3 is 15.5 Å². The average molecular weight is 253 g/mol. The second-order valence-electron chi connectivity index (χ2n) is 5.33. The molecule has 2 aromatic rings. The molecule has 0 radical (unpaired) electrons. The first kappa shape index (κ1) is 10.9. The van der Waals surface area contributed by atoms with Crippen molar-refractivity contribution in [3.63, 3.8) is 0 Å². The molecule has 0 unspecified atom stereocenters. The van der Waals surface area contributed by atoms with Crippen LogP contribution in [-0.2, 0) is 12.8 Å². The molecular weight excluding hydrogens is 238 g/mol. The molecule has 0 bridgehead atoms. The summed E-state index contributed by atoms with van der Waals surface area (Å²) in [6.45, 7) is 0.981. The maximum atomic E-state index is 10.2. The molecule has 2 aliphatic rings. The van der Waals surface area contributed by atoms with Gasteiger partial charge >= 0.3 is 0 Å². The number of phenols is 2. The van der Waals surface area contributed by atoms with Gasteiger partial charge in [0.2, 0.25) is 0 Å². The van der Waals surface area contributed by atoms with Crippen LogP contribution in [0.1, 0.15) is 22.7 Å². The topological polar surface area (TPSA) is 52.5 Å². The fourth-order valence-electron chi connectivity index (χ4n) is 3.40. The van der Waals surface area contributed by atoms with Gasteiger partial charge in [-0.1, -0.05) is 12.1 Å². The molecule has 0 fully saturated rings. The van der Waals surface area contributed by atoms with Crippen molar-refractivity contribution in [3.05, 3.63) is 47.0 Å². The van der Waals surface area contributed by atoms with Gasteiger partial charge in [0.05, 0.1) is 0 Å². The number of hydrogen-bond acceptors (Lipinski definition) is 3. The summed E-state index contributed by atoms with van der Waals surface area (Å²) in [5.74, 6) is 0.553. The Labute approximate surface area is 111 Å². The van der Waals surface area contributed by atoms with E-state index in [1.165, 1.54) is 16.7 Å². The first-order chi connectivity index (χ1) is 9.24. The Balaban J connectivity index is 2.07. The summed E-state index contributed by atoms with van der Waals surface area (Å²) in [7, 11) is 0. The Hall–Kier alpha value is -2.00. The van der Waals surface area contributed by atoms with Crippen LogP contribution in [-0.4, -0.2) is 16.8 Å². The molecule has 1 aliphatic heterocycles. The predicted molar refractivity (Wildman–Crippen MR) is 73.4 cm³/mol. The average Bonchev–Trinajstić information content (AvgIpc) is 2.42. The Morgan fingerprint density at radius 3 is 2.79 bits per heavy atom. The Kier molecular flexibility index (Phi) is 2.15. The van der Waals surface area contributed by atoms with Gasteiger partial charge in [0.1, 0.15) is 11.5 Å². The molecule has 2 aromatic carbocycles. The number of hydrogen-bond donors (Lipinski definition) is 3. The molecule has 0 amide bonds. The molecular formula is C16H15NO2. The molecule has 3 N–H and O–H groups in total. The largest absolute Gasteiger partial charge is 0.508 e. The van der Waals surface area contributed by atoms with Crippen LogP contribution in [0.3, 0.4) is 0 Å². The molecule has 0 saturated heterocycles. The number of nitrogens with one attached hydrogen (secondary N) is 1. The minimum absolute atomic E-state index is 0.248. The summed E-state index contributed by atoms with van der Waals surface area (Å²) in [4.78, 5) is 0. The van der Waals surface area contributed by atoms with E-state index in [0.29, 0.717) is 5.75 Å². The molecule has 19 heavy (non-hydrogen) atoms. The quantitative estimate of drug-likeness (QED) is 0.676. The SMILES string of the molecule is Oc1ccc2c(c1)-c1c(O)ccc3c1[C@@H](C2)NCC3. The summed E-state index contributed by atoms with van der Waals surface area (Å²) in [5.41, 5.74) is 5.56. The van der Waals surface area contributed by atoms with Crippen LogP contribution in [0.15, 0.2) is 30.3 Å². The highest BCUT2D eigenvalue weighted by molar-refractivity contribution is 5.81. The highest BCUT2D eigenvalue weighted by Crippen LogP contribution is 2.46. The smallest absolute Gasteiger partial charge is 0.123 e. The minimum Gasteiger partial charge on any atom is -0.508 e. The first-order valence-corrected chi connectivity index (χ1v) is 6.64. The normalized spacial score (nSPS) is 19.7. The summed E-state index contributed by atoms with van der Waals surface area (Å²) in [6, 6.07) is 9.51. The lowest BCUT2D eigenvalue weighted by Gasteiger charge is -2.34. The fraction of sp³-hybridized carbons (Fsp3) is 0.250. The second-order valence-corrected chi connectivity index (χ2v) is 5.33. The molecule has 1 heterocycles. The highest BCUT2D eigenvalue weighted by Gasteiger charge is 2.31. The molecule has 4 rings (SSSR count). The first-order valence-electron chi connectivity index (χ1n) is 6.64. The van der Waals surface area contributed by atoms with Crippen molar-refractivity contribution in [1.29, 1.82) is 0 Å². The summed E-state index contributed by atoms with van der Waals surface area (Å²) >= 11 is 0. The molecule has 96 valence electrons. The van der Waals surface area contributed by atoms with E-state index < -0.39 is 0 Å². The number of phenolic OH excluding ortho intramolecular Hbond substituents is 2. The van der Waals surface area contributed by atoms with Crippen molar-refractivity contribution in [2.75, 3.05) is 6.54 Å². The Morgan fingerprint density at radius 1 is 1.05 bits per heavy atom. The van der Waals surface area contributed by atoms with E-state index in [0.717, 1.165) is 30.5 Å². The third kappa shape index (κ3) is 1.48. The molecule has 3 nitrogen and oxygen atoms in total. The molecule has 0 saturated carbocycles. The lowest BCUT2D eigenvalue weighted by Crippen LogP contribution is -2.33. The highest BCUT2D eigenvalue weighted by atomic mass is 16.3. The van der Waals surface area contributed by atoms with Crippen molar-refractivity contribution in [3.8, 4) is 22.6 Å². The summed E-state index contributed by atoms with van der Waals surface area (Å²) < 4.78 is 0. The Bertz CT molecular complexity index is 679. The van der Waals surface area contributed by atoms with Gasteiger partial charge in [-0.25, -0.2) is 0 Å². The van der Waals surface area contributed by atoms with Crippen molar-refractivity contribution >= 4 is 0 Å². The number of aromatic hydroxyl groups is 2. The van der Waals surface area contributed by atoms with Crippen molar-refractivity contribution in [2.24, 2.45) is 0 Å². The van der Waals surface area contributed by atoms with Gasteiger partial charge in [-0.2, -0.15) is 0 Å². The van der Waals surface area contributed by atoms with E-state index in [4.69, 9.17) is 0 Å². The number of benzene rings is 2. The monoisotopic (exact) mass is 253 g/mol. The van der Waals surface area contributed by atoms with Gasteiger partial charge in [0.25, 0.3) is 0 Å². The summed E-state index contributed by atoms with van der Waals surface area (Å²) in [6.07, 6.45) is 1.91. The molecule has 1 atom stereocenters. The maximum absolute atomic E-state index is 10.2. The van der Waals surface area contributed by atoms with Crippen LogP contribution >= 0.6 is 0 Å². The van der Waals surface area contributed by atoms with Crippen molar-refractivity contribution in [2.45, 2.75) is 18.9 Å². The number of fused-ring (bicyclic) bond motifs is 2. The molecule has 1 aliphatic carbocycles. The van der Waals surface area contributed by atoms with Gasteiger partial charge in [-0.3, -0.25) is 0 Å². The standard InChI is InChI=1S/C16H15NO2/c18-11-3-1-10-7-13-15-9(5-6-17-13)2-4-14(19)16(15)12(10)8-11/h1-4,8,13,17-19H,5-7H2/t13-/m1/s1. The van der Waals surface area contributed by atoms with E-state index in [1.54, 1.807) is 18.2 Å². The van der Waals surface area contributed by atoms with Crippen LogP contribution in [0.4, 0.5) is 0 Å². The van der Waals surface area contributed by atoms with Crippen LogP contribution in [0.25, 0.3) is 11.1 Å². The Morgan fingerprint density at radius 2 is 1.89 bits per heavy atom. The minimum atomic E-state index is 0.248. The zero-order chi connectivity index (χ0) is 13.0. The zero-order valence-electron chi connectivity index (χ0n) is 10.5. The van der Waals surface area contributed by atoms with E-state index >= 15 is 0 Å². The van der Waals surface area contributed by atoms with Crippen molar-refractivity contribution < 1.29 is 10.2 Å². The van der Waals surface area contributed by atoms with E-state index in [9.17, 15) is 10.2 Å². The second kappa shape index (κ2) is 3.75. The lowest BCUT2D eigenvalue weighted by atomic mass is 9.77. The molecule has 3 heteroatoms. The van der Waals surface area contributed by atoms with E-state index in [2.05, 4.69) is 5.32 Å². The van der Waals surface area contributed by atoms with Crippen LogP contribution in [0.2, 0.25) is 0 Å². The van der Waals surface area contributed by atoms with Gasteiger partial charge in [-0.05, 0) is 59.8 Å².